The highest BCUT2D eigenvalue weighted by molar-refractivity contribution is 6.55. The summed E-state index contributed by atoms with van der Waals surface area (Å²) in [5.74, 6) is 7.25. The molecule has 6 fully saturated rings. The van der Waals surface area contributed by atoms with Crippen LogP contribution in [0.15, 0.2) is 35.5 Å². The summed E-state index contributed by atoms with van der Waals surface area (Å²) in [5, 5.41) is 0. The Labute approximate surface area is 190 Å². The van der Waals surface area contributed by atoms with Crippen LogP contribution in [-0.4, -0.2) is 6.92 Å². The summed E-state index contributed by atoms with van der Waals surface area (Å²) in [5.41, 5.74) is 1.04. The first-order valence-electron chi connectivity index (χ1n) is 13.0. The first-order chi connectivity index (χ1) is 14.7. The van der Waals surface area contributed by atoms with E-state index in [0.717, 1.165) is 47.7 Å². The van der Waals surface area contributed by atoms with E-state index < -0.39 is 0 Å². The molecule has 7 rings (SSSR count). The van der Waals surface area contributed by atoms with Gasteiger partial charge in [-0.15, -0.1) is 6.58 Å². The minimum Gasteiger partial charge on any atom is -0.467 e. The predicted octanol–water partition coefficient (Wildman–Crippen LogP) is 8.05. The third-order valence-electron chi connectivity index (χ3n) is 11.2. The smallest absolute Gasteiger partial charge is 0.300 e. The summed E-state index contributed by atoms with van der Waals surface area (Å²) in [4.78, 5) is 0. The Morgan fingerprint density at radius 3 is 1.97 bits per heavy atom. The Balaban J connectivity index is 1.44. The van der Waals surface area contributed by atoms with Gasteiger partial charge in [0.25, 0.3) is 0 Å². The molecule has 2 nitrogen and oxygen atoms in total. The summed E-state index contributed by atoms with van der Waals surface area (Å²) < 4.78 is 13.0. The van der Waals surface area contributed by atoms with E-state index in [-0.39, 0.29) is 6.10 Å². The molecule has 0 saturated heterocycles. The van der Waals surface area contributed by atoms with E-state index in [1.54, 1.807) is 6.26 Å². The molecule has 4 bridgehead atoms. The molecule has 1 heterocycles. The molecule has 6 aliphatic rings. The molecule has 0 N–H and O–H groups in total. The third kappa shape index (κ3) is 3.23. The predicted molar refractivity (Wildman–Crippen MR) is 129 cm³/mol. The molecule has 0 spiro atoms. The van der Waals surface area contributed by atoms with E-state index in [1.165, 1.54) is 25.7 Å². The van der Waals surface area contributed by atoms with Crippen LogP contribution in [0.25, 0.3) is 0 Å². The van der Waals surface area contributed by atoms with Crippen LogP contribution in [-0.2, 0) is 4.65 Å². The van der Waals surface area contributed by atoms with Gasteiger partial charge in [0.05, 0.1) is 6.26 Å². The Morgan fingerprint density at radius 1 is 1.03 bits per heavy atom. The molecule has 6 aliphatic carbocycles. The average Bonchev–Trinajstić information content (AvgIpc) is 3.26. The topological polar surface area (TPSA) is 22.4 Å². The van der Waals surface area contributed by atoms with Crippen molar-refractivity contribution in [2.75, 3.05) is 0 Å². The van der Waals surface area contributed by atoms with Crippen molar-refractivity contribution in [1.82, 2.24) is 0 Å². The SMILES string of the molecule is C=CC[C@H](OB([C@@H]1C[C@@H]2C[C@H]([C@H]1C)C2(C)C)[C@@H]1C[C@@H]2C[C@H]([C@H]1C)C2(C)C)c1ccco1. The Morgan fingerprint density at radius 2 is 1.58 bits per heavy atom. The molecule has 0 radical (unpaired) electrons. The second-order valence-electron chi connectivity index (χ2n) is 12.9. The highest BCUT2D eigenvalue weighted by Gasteiger charge is 2.63. The van der Waals surface area contributed by atoms with Crippen LogP contribution in [0, 0.1) is 46.3 Å². The molecule has 0 unspecified atom stereocenters. The van der Waals surface area contributed by atoms with Gasteiger partial charge in [-0.25, -0.2) is 0 Å². The molecule has 31 heavy (non-hydrogen) atoms. The van der Waals surface area contributed by atoms with Gasteiger partial charge in [0.2, 0.25) is 0 Å². The molecule has 3 heteroatoms. The fraction of sp³-hybridized carbons (Fsp3) is 0.786. The lowest BCUT2D eigenvalue weighted by Crippen LogP contribution is -2.60. The maximum atomic E-state index is 7.16. The quantitative estimate of drug-likeness (QED) is 0.328. The van der Waals surface area contributed by atoms with Crippen molar-refractivity contribution in [3.8, 4) is 0 Å². The summed E-state index contributed by atoms with van der Waals surface area (Å²) in [6.45, 7) is 19.5. The van der Waals surface area contributed by atoms with Gasteiger partial charge in [0.15, 0.2) is 0 Å². The van der Waals surface area contributed by atoms with E-state index in [0.29, 0.717) is 29.4 Å². The Kier molecular flexibility index (Phi) is 5.32. The minimum absolute atomic E-state index is 0.00516. The van der Waals surface area contributed by atoms with E-state index in [2.05, 4.69) is 54.2 Å². The summed E-state index contributed by atoms with van der Waals surface area (Å²) in [6, 6.07) is 4.08. The summed E-state index contributed by atoms with van der Waals surface area (Å²) in [7, 11) is 0. The van der Waals surface area contributed by atoms with Crippen LogP contribution in [0.2, 0.25) is 11.6 Å². The molecule has 0 aliphatic heterocycles. The Bertz CT molecular complexity index is 754. The fourth-order valence-electron chi connectivity index (χ4n) is 8.82. The molecule has 6 saturated carbocycles. The van der Waals surface area contributed by atoms with Gasteiger partial charge >= 0.3 is 6.92 Å². The van der Waals surface area contributed by atoms with E-state index in [9.17, 15) is 0 Å². The largest absolute Gasteiger partial charge is 0.467 e. The molecule has 1 aromatic heterocycles. The molecule has 0 aromatic carbocycles. The first-order valence-corrected chi connectivity index (χ1v) is 13.0. The van der Waals surface area contributed by atoms with Gasteiger partial charge in [0.1, 0.15) is 11.9 Å². The van der Waals surface area contributed by atoms with Gasteiger partial charge in [0, 0.05) is 0 Å². The summed E-state index contributed by atoms with van der Waals surface area (Å²) in [6.07, 6.45) is 10.2. The van der Waals surface area contributed by atoms with Gasteiger partial charge in [-0.05, 0) is 89.4 Å². The van der Waals surface area contributed by atoms with Gasteiger partial charge in [-0.2, -0.15) is 0 Å². The normalized spacial score (nSPS) is 42.8. The minimum atomic E-state index is -0.00516. The van der Waals surface area contributed by atoms with Gasteiger partial charge in [-0.3, -0.25) is 0 Å². The van der Waals surface area contributed by atoms with Crippen molar-refractivity contribution in [3.05, 3.63) is 36.8 Å². The van der Waals surface area contributed by atoms with Crippen molar-refractivity contribution in [3.63, 3.8) is 0 Å². The fourth-order valence-corrected chi connectivity index (χ4v) is 8.82. The molecule has 1 aromatic rings. The highest BCUT2D eigenvalue weighted by atomic mass is 16.5. The maximum Gasteiger partial charge on any atom is 0.300 e. The molecular weight excluding hydrogens is 379 g/mol. The van der Waals surface area contributed by atoms with Crippen molar-refractivity contribution in [1.29, 1.82) is 0 Å². The highest BCUT2D eigenvalue weighted by Crippen LogP contribution is 2.69. The average molecular weight is 422 g/mol. The standard InChI is InChI=1S/C28H43BO2/c1-8-10-26(25-11-9-12-30-25)31-29(23-15-19-13-21(17(23)2)27(19,4)5)24-16-20-14-22(18(24)3)28(20,6)7/h8-9,11-12,17-24,26H,1,10,13-16H2,2-7H3/t17-,18-,19+,20+,21-,22-,23-,24-,26+/m1/s1. The second-order valence-corrected chi connectivity index (χ2v) is 12.9. The van der Waals surface area contributed by atoms with Crippen LogP contribution < -0.4 is 0 Å². The van der Waals surface area contributed by atoms with E-state index in [1.807, 2.05) is 12.1 Å². The lowest BCUT2D eigenvalue weighted by molar-refractivity contribution is -0.112. The Hall–Kier alpha value is -0.955. The first kappa shape index (κ1) is 21.9. The van der Waals surface area contributed by atoms with Gasteiger partial charge in [-0.1, -0.05) is 60.5 Å². The monoisotopic (exact) mass is 422 g/mol. The van der Waals surface area contributed by atoms with Crippen LogP contribution in [0.3, 0.4) is 0 Å². The second kappa shape index (κ2) is 7.54. The maximum absolute atomic E-state index is 7.16. The van der Waals surface area contributed by atoms with Crippen molar-refractivity contribution >= 4 is 6.92 Å². The number of fused-ring (bicyclic) bond motifs is 4. The van der Waals surface area contributed by atoms with E-state index in [4.69, 9.17) is 9.07 Å². The number of furan rings is 1. The number of rotatable bonds is 7. The zero-order chi connectivity index (χ0) is 22.1. The van der Waals surface area contributed by atoms with Crippen molar-refractivity contribution < 1.29 is 9.07 Å². The molecular formula is C28H43BO2. The zero-order valence-electron chi connectivity index (χ0n) is 20.6. The van der Waals surface area contributed by atoms with Crippen molar-refractivity contribution in [2.45, 2.75) is 91.4 Å². The lowest BCUT2D eigenvalue weighted by Gasteiger charge is -2.66. The molecule has 170 valence electrons. The molecule has 0 amide bonds. The van der Waals surface area contributed by atoms with Crippen LogP contribution in [0.1, 0.15) is 85.5 Å². The summed E-state index contributed by atoms with van der Waals surface area (Å²) >= 11 is 0. The van der Waals surface area contributed by atoms with Crippen LogP contribution in [0.5, 0.6) is 0 Å². The van der Waals surface area contributed by atoms with Crippen LogP contribution in [0.4, 0.5) is 0 Å². The number of hydrogen-bond acceptors (Lipinski definition) is 2. The zero-order valence-corrected chi connectivity index (χ0v) is 20.6. The van der Waals surface area contributed by atoms with Crippen molar-refractivity contribution in [2.24, 2.45) is 46.3 Å². The third-order valence-corrected chi connectivity index (χ3v) is 11.2. The van der Waals surface area contributed by atoms with Crippen LogP contribution >= 0.6 is 0 Å². The van der Waals surface area contributed by atoms with Gasteiger partial charge < -0.3 is 9.07 Å². The molecule has 9 atom stereocenters. The number of hydrogen-bond donors (Lipinski definition) is 0. The van der Waals surface area contributed by atoms with E-state index >= 15 is 0 Å². The lowest BCUT2D eigenvalue weighted by atomic mass is 9.27.